The molecule has 0 atom stereocenters. The molecule has 0 bridgehead atoms. The van der Waals surface area contributed by atoms with Crippen molar-refractivity contribution in [2.24, 2.45) is 0 Å². The summed E-state index contributed by atoms with van der Waals surface area (Å²) in [7, 11) is -6.22. The second-order valence-corrected chi connectivity index (χ2v) is 8.14. The van der Waals surface area contributed by atoms with Gasteiger partial charge >= 0.3 is 0 Å². The fourth-order valence-electron chi connectivity index (χ4n) is 1.67. The molecule has 11 heteroatoms. The van der Waals surface area contributed by atoms with E-state index < -0.39 is 20.0 Å². The van der Waals surface area contributed by atoms with Crippen molar-refractivity contribution in [2.45, 2.75) is 5.03 Å². The van der Waals surface area contributed by atoms with Crippen LogP contribution in [0.25, 0.3) is 5.65 Å². The van der Waals surface area contributed by atoms with E-state index in [-0.39, 0.29) is 22.5 Å². The summed E-state index contributed by atoms with van der Waals surface area (Å²) in [5, 5.41) is -0.396. The summed E-state index contributed by atoms with van der Waals surface area (Å²) in [5.41, 5.74) is 0.380. The molecule has 2 N–H and O–H groups in total. The Morgan fingerprint density at radius 3 is 2.67 bits per heavy atom. The van der Waals surface area contributed by atoms with E-state index >= 15 is 0 Å². The van der Waals surface area contributed by atoms with Gasteiger partial charge < -0.3 is 0 Å². The number of pyridine rings is 1. The molecule has 2 aromatic heterocycles. The van der Waals surface area contributed by atoms with Gasteiger partial charge in [0.1, 0.15) is 5.65 Å². The molecule has 0 saturated heterocycles. The molecular weight excluding hydrogens is 340 g/mol. The molecule has 2 aromatic rings. The molecule has 0 spiro atoms. The highest BCUT2D eigenvalue weighted by Crippen LogP contribution is 2.22. The van der Waals surface area contributed by atoms with Crippen LogP contribution >= 0.6 is 11.6 Å². The van der Waals surface area contributed by atoms with E-state index in [9.17, 15) is 16.8 Å². The number of fused-ring (bicyclic) bond motifs is 1. The minimum Gasteiger partial charge on any atom is -0.288 e. The lowest BCUT2D eigenvalue weighted by atomic mass is 10.5. The van der Waals surface area contributed by atoms with Crippen LogP contribution in [0.4, 0.5) is 0 Å². The number of aromatic nitrogens is 2. The van der Waals surface area contributed by atoms with Gasteiger partial charge in [-0.2, -0.15) is 0 Å². The number of nitrogens with one attached hydrogen (secondary N) is 2. The Morgan fingerprint density at radius 2 is 2.00 bits per heavy atom. The van der Waals surface area contributed by atoms with Crippen molar-refractivity contribution < 1.29 is 16.8 Å². The van der Waals surface area contributed by atoms with Gasteiger partial charge in [-0.25, -0.2) is 31.3 Å². The van der Waals surface area contributed by atoms with Crippen molar-refractivity contribution in [3.05, 3.63) is 29.5 Å². The fraction of sp³-hybridized carbons (Fsp3) is 0.300. The van der Waals surface area contributed by atoms with E-state index in [0.29, 0.717) is 5.65 Å². The lowest BCUT2D eigenvalue weighted by molar-refractivity contribution is 0.575. The van der Waals surface area contributed by atoms with E-state index in [1.807, 2.05) is 0 Å². The highest BCUT2D eigenvalue weighted by molar-refractivity contribution is 7.90. The van der Waals surface area contributed by atoms with Crippen LogP contribution in [0.5, 0.6) is 0 Å². The number of halogens is 1. The smallest absolute Gasteiger partial charge is 0.259 e. The number of imidazole rings is 1. The quantitative estimate of drug-likeness (QED) is 0.749. The molecule has 0 aliphatic rings. The molecular formula is C10H13ClN4O4S2. The molecule has 2 rings (SSSR count). The summed E-state index contributed by atoms with van der Waals surface area (Å²) in [5.74, 6) is -0.378. The topological polar surface area (TPSA) is 110 Å². The predicted molar refractivity (Wildman–Crippen MR) is 78.2 cm³/mol. The first kappa shape index (κ1) is 16.2. The standard InChI is InChI=1S/C10H13ClN4O4S2/c1-12-20(16,17)7-5-13-21(18,19)10-9(11)14-8-4-2-3-6-15(8)10/h2-4,6,12-13H,5,7H2,1H3. The third-order valence-corrected chi connectivity index (χ3v) is 5.90. The maximum Gasteiger partial charge on any atom is 0.259 e. The molecule has 0 unspecified atom stereocenters. The zero-order chi connectivity index (χ0) is 15.7. The van der Waals surface area contributed by atoms with Gasteiger partial charge in [0.05, 0.1) is 5.75 Å². The molecule has 116 valence electrons. The summed E-state index contributed by atoms with van der Waals surface area (Å²) in [6.45, 7) is -0.276. The SMILES string of the molecule is CNS(=O)(=O)CCNS(=O)(=O)c1c(Cl)nc2ccccn12. The van der Waals surface area contributed by atoms with Gasteiger partial charge in [0.15, 0.2) is 10.2 Å². The molecule has 8 nitrogen and oxygen atoms in total. The van der Waals surface area contributed by atoms with Gasteiger partial charge in [0, 0.05) is 12.7 Å². The molecule has 0 aliphatic heterocycles. The average Bonchev–Trinajstić information content (AvgIpc) is 2.74. The highest BCUT2D eigenvalue weighted by Gasteiger charge is 2.24. The van der Waals surface area contributed by atoms with E-state index in [4.69, 9.17) is 11.6 Å². The van der Waals surface area contributed by atoms with Gasteiger partial charge in [-0.1, -0.05) is 17.7 Å². The summed E-state index contributed by atoms with van der Waals surface area (Å²) >= 11 is 5.87. The van der Waals surface area contributed by atoms with Crippen molar-refractivity contribution in [1.29, 1.82) is 0 Å². The maximum atomic E-state index is 12.2. The Hall–Kier alpha value is -1.20. The lowest BCUT2D eigenvalue weighted by Gasteiger charge is -2.07. The summed E-state index contributed by atoms with van der Waals surface area (Å²) in [4.78, 5) is 3.93. The van der Waals surface area contributed by atoms with Crippen molar-refractivity contribution >= 4 is 37.3 Å². The molecule has 2 heterocycles. The first-order valence-corrected chi connectivity index (χ1v) is 9.31. The van der Waals surface area contributed by atoms with Crippen LogP contribution in [0, 0.1) is 0 Å². The third-order valence-electron chi connectivity index (χ3n) is 2.67. The number of hydrogen-bond acceptors (Lipinski definition) is 5. The summed E-state index contributed by atoms with van der Waals surface area (Å²) in [6, 6.07) is 4.94. The van der Waals surface area contributed by atoms with E-state index in [1.165, 1.54) is 17.6 Å². The lowest BCUT2D eigenvalue weighted by Crippen LogP contribution is -2.33. The third kappa shape index (κ3) is 3.52. The van der Waals surface area contributed by atoms with E-state index in [2.05, 4.69) is 14.4 Å². The Labute approximate surface area is 127 Å². The van der Waals surface area contributed by atoms with Crippen LogP contribution in [0.3, 0.4) is 0 Å². The largest absolute Gasteiger partial charge is 0.288 e. The van der Waals surface area contributed by atoms with Crippen LogP contribution in [0.2, 0.25) is 5.15 Å². The maximum absolute atomic E-state index is 12.2. The first-order chi connectivity index (χ1) is 9.77. The second-order valence-electron chi connectivity index (χ2n) is 4.06. The summed E-state index contributed by atoms with van der Waals surface area (Å²) < 4.78 is 52.6. The Morgan fingerprint density at radius 1 is 1.29 bits per heavy atom. The number of rotatable bonds is 6. The van der Waals surface area contributed by atoms with Crippen molar-refractivity contribution in [3.63, 3.8) is 0 Å². The van der Waals surface area contributed by atoms with Crippen molar-refractivity contribution in [3.8, 4) is 0 Å². The molecule has 0 radical (unpaired) electrons. The molecule has 0 fully saturated rings. The normalized spacial score (nSPS) is 12.9. The molecule has 0 amide bonds. The van der Waals surface area contributed by atoms with Gasteiger partial charge in [-0.3, -0.25) is 4.40 Å². The molecule has 0 aliphatic carbocycles. The number of nitrogens with zero attached hydrogens (tertiary/aromatic N) is 2. The second kappa shape index (κ2) is 5.89. The minimum absolute atomic E-state index is 0.176. The van der Waals surface area contributed by atoms with Gasteiger partial charge in [-0.15, -0.1) is 0 Å². The Bertz CT molecular complexity index is 860. The van der Waals surface area contributed by atoms with Gasteiger partial charge in [0.2, 0.25) is 10.0 Å². The average molecular weight is 353 g/mol. The predicted octanol–water partition coefficient (Wildman–Crippen LogP) is -0.185. The van der Waals surface area contributed by atoms with Crippen LogP contribution in [-0.2, 0) is 20.0 Å². The van der Waals surface area contributed by atoms with Crippen LogP contribution in [0.1, 0.15) is 0 Å². The van der Waals surface area contributed by atoms with E-state index in [1.54, 1.807) is 18.2 Å². The first-order valence-electron chi connectivity index (χ1n) is 5.80. The van der Waals surface area contributed by atoms with Gasteiger partial charge in [-0.05, 0) is 19.2 Å². The van der Waals surface area contributed by atoms with Crippen molar-refractivity contribution in [1.82, 2.24) is 18.8 Å². The number of hydrogen-bond donors (Lipinski definition) is 2. The zero-order valence-electron chi connectivity index (χ0n) is 10.9. The monoisotopic (exact) mass is 352 g/mol. The molecule has 21 heavy (non-hydrogen) atoms. The Balaban J connectivity index is 2.28. The van der Waals surface area contributed by atoms with Crippen LogP contribution in [0.15, 0.2) is 29.4 Å². The minimum atomic E-state index is -3.98. The van der Waals surface area contributed by atoms with Crippen LogP contribution < -0.4 is 9.44 Å². The van der Waals surface area contributed by atoms with Crippen LogP contribution in [-0.4, -0.2) is 45.6 Å². The number of sulfonamides is 2. The fourth-order valence-corrected chi connectivity index (χ4v) is 4.04. The zero-order valence-corrected chi connectivity index (χ0v) is 13.3. The molecule has 0 aromatic carbocycles. The van der Waals surface area contributed by atoms with Crippen molar-refractivity contribution in [2.75, 3.05) is 19.3 Å². The van der Waals surface area contributed by atoms with Gasteiger partial charge in [0.25, 0.3) is 10.0 Å². The summed E-state index contributed by atoms with van der Waals surface area (Å²) in [6.07, 6.45) is 1.51. The highest BCUT2D eigenvalue weighted by atomic mass is 35.5. The van der Waals surface area contributed by atoms with E-state index in [0.717, 1.165) is 0 Å². The molecule has 0 saturated carbocycles. The Kier molecular flexibility index (Phi) is 4.54.